The van der Waals surface area contributed by atoms with E-state index in [2.05, 4.69) is 5.32 Å². The second-order valence-electron chi connectivity index (χ2n) is 5.71. The predicted molar refractivity (Wildman–Crippen MR) is 100 cm³/mol. The number of nitro benzene ring substituents is 1. The van der Waals surface area contributed by atoms with E-state index in [1.165, 1.54) is 25.3 Å². The summed E-state index contributed by atoms with van der Waals surface area (Å²) in [6.45, 7) is 3.02. The van der Waals surface area contributed by atoms with Crippen LogP contribution in [-0.2, 0) is 9.47 Å². The van der Waals surface area contributed by atoms with Gasteiger partial charge in [-0.05, 0) is 31.2 Å². The van der Waals surface area contributed by atoms with E-state index in [1.54, 1.807) is 0 Å². The molecule has 0 radical (unpaired) electrons. The lowest BCUT2D eigenvalue weighted by atomic mass is 10.1. The van der Waals surface area contributed by atoms with Gasteiger partial charge in [0.05, 0.1) is 17.1 Å². The van der Waals surface area contributed by atoms with Crippen LogP contribution in [0.5, 0.6) is 5.75 Å². The Balaban J connectivity index is 1.90. The van der Waals surface area contributed by atoms with Crippen molar-refractivity contribution in [2.24, 2.45) is 0 Å². The highest BCUT2D eigenvalue weighted by atomic mass is 16.6. The average molecular weight is 374 g/mol. The number of carbonyl (C=O) groups excluding carboxylic acids is 1. The molecule has 144 valence electrons. The lowest BCUT2D eigenvalue weighted by molar-refractivity contribution is -0.384. The molecule has 0 saturated heterocycles. The smallest absolute Gasteiger partial charge is 0.338 e. The Morgan fingerprint density at radius 1 is 1.11 bits per heavy atom. The van der Waals surface area contributed by atoms with E-state index in [0.717, 1.165) is 5.56 Å². The lowest BCUT2D eigenvalue weighted by Gasteiger charge is -2.09. The summed E-state index contributed by atoms with van der Waals surface area (Å²) in [5.74, 6) is 0.0350. The first kappa shape index (κ1) is 20.2. The molecule has 0 atom stereocenters. The van der Waals surface area contributed by atoms with Crippen LogP contribution in [-0.4, -0.2) is 44.4 Å². The van der Waals surface area contributed by atoms with Gasteiger partial charge in [0.25, 0.3) is 5.69 Å². The van der Waals surface area contributed by atoms with Crippen molar-refractivity contribution in [3.63, 3.8) is 0 Å². The standard InChI is InChI=1S/C19H22N2O6/c1-14-3-6-16(7-4-14)26-11-12-27-19(22)15-5-8-17(20-9-10-25-2)18(13-15)21(23)24/h3-8,13,20H,9-12H2,1-2H3. The molecule has 0 aliphatic rings. The number of nitrogens with zero attached hydrogens (tertiary/aromatic N) is 1. The largest absolute Gasteiger partial charge is 0.490 e. The molecule has 0 aromatic heterocycles. The highest BCUT2D eigenvalue weighted by Gasteiger charge is 2.18. The van der Waals surface area contributed by atoms with Crippen LogP contribution >= 0.6 is 0 Å². The second kappa shape index (κ2) is 10.1. The summed E-state index contributed by atoms with van der Waals surface area (Å²) in [5.41, 5.74) is 1.35. The van der Waals surface area contributed by atoms with Crippen LogP contribution in [0, 0.1) is 17.0 Å². The topological polar surface area (TPSA) is 99.9 Å². The number of benzene rings is 2. The molecule has 2 aromatic carbocycles. The summed E-state index contributed by atoms with van der Waals surface area (Å²) < 4.78 is 15.5. The number of aryl methyl sites for hydroxylation is 1. The van der Waals surface area contributed by atoms with Crippen LogP contribution in [0.15, 0.2) is 42.5 Å². The maximum atomic E-state index is 12.1. The third-order valence-electron chi connectivity index (χ3n) is 3.66. The van der Waals surface area contributed by atoms with Gasteiger partial charge in [-0.25, -0.2) is 4.79 Å². The summed E-state index contributed by atoms with van der Waals surface area (Å²) in [6, 6.07) is 11.6. The minimum atomic E-state index is -0.644. The first-order valence-electron chi connectivity index (χ1n) is 8.39. The predicted octanol–water partition coefficient (Wildman–Crippen LogP) is 3.20. The van der Waals surface area contributed by atoms with Crippen LogP contribution in [0.2, 0.25) is 0 Å². The SMILES string of the molecule is COCCNc1ccc(C(=O)OCCOc2ccc(C)cc2)cc1[N+](=O)[O-]. The van der Waals surface area contributed by atoms with Crippen molar-refractivity contribution in [1.82, 2.24) is 0 Å². The molecule has 8 heteroatoms. The zero-order chi connectivity index (χ0) is 19.6. The molecular formula is C19H22N2O6. The van der Waals surface area contributed by atoms with Crippen LogP contribution in [0.25, 0.3) is 0 Å². The zero-order valence-corrected chi connectivity index (χ0v) is 15.3. The molecule has 1 N–H and O–H groups in total. The van der Waals surface area contributed by atoms with Gasteiger partial charge in [-0.1, -0.05) is 17.7 Å². The molecule has 27 heavy (non-hydrogen) atoms. The molecule has 0 unspecified atom stereocenters. The number of carbonyl (C=O) groups is 1. The number of hydrogen-bond donors (Lipinski definition) is 1. The van der Waals surface area contributed by atoms with Crippen LogP contribution < -0.4 is 10.1 Å². The molecule has 0 heterocycles. The van der Waals surface area contributed by atoms with Crippen molar-refractivity contribution in [2.45, 2.75) is 6.92 Å². The van der Waals surface area contributed by atoms with Gasteiger partial charge in [0.1, 0.15) is 24.7 Å². The summed E-state index contributed by atoms with van der Waals surface area (Å²) >= 11 is 0. The Labute approximate surface area is 157 Å². The van der Waals surface area contributed by atoms with E-state index < -0.39 is 10.9 Å². The molecular weight excluding hydrogens is 352 g/mol. The second-order valence-corrected chi connectivity index (χ2v) is 5.71. The molecule has 0 fully saturated rings. The Morgan fingerprint density at radius 2 is 1.85 bits per heavy atom. The Hall–Kier alpha value is -3.13. The Morgan fingerprint density at radius 3 is 2.52 bits per heavy atom. The number of ether oxygens (including phenoxy) is 3. The van der Waals surface area contributed by atoms with E-state index in [9.17, 15) is 14.9 Å². The molecule has 0 amide bonds. The maximum Gasteiger partial charge on any atom is 0.338 e. The number of hydrogen-bond acceptors (Lipinski definition) is 7. The van der Waals surface area contributed by atoms with Gasteiger partial charge in [-0.2, -0.15) is 0 Å². The average Bonchev–Trinajstić information content (AvgIpc) is 2.66. The highest BCUT2D eigenvalue weighted by molar-refractivity contribution is 5.91. The van der Waals surface area contributed by atoms with Crippen molar-refractivity contribution in [3.8, 4) is 5.75 Å². The van der Waals surface area contributed by atoms with Gasteiger partial charge < -0.3 is 19.5 Å². The zero-order valence-electron chi connectivity index (χ0n) is 15.3. The lowest BCUT2D eigenvalue weighted by Crippen LogP contribution is -2.13. The fourth-order valence-corrected chi connectivity index (χ4v) is 2.26. The number of methoxy groups -OCH3 is 1. The minimum absolute atomic E-state index is 0.0361. The first-order valence-corrected chi connectivity index (χ1v) is 8.39. The van der Waals surface area contributed by atoms with E-state index in [-0.39, 0.29) is 24.5 Å². The van der Waals surface area contributed by atoms with E-state index in [4.69, 9.17) is 14.2 Å². The van der Waals surface area contributed by atoms with E-state index >= 15 is 0 Å². The number of anilines is 1. The number of rotatable bonds is 10. The third-order valence-corrected chi connectivity index (χ3v) is 3.66. The van der Waals surface area contributed by atoms with Gasteiger partial charge >= 0.3 is 5.97 Å². The van der Waals surface area contributed by atoms with Crippen LogP contribution in [0.3, 0.4) is 0 Å². The number of nitro groups is 1. The molecule has 0 bridgehead atoms. The maximum absolute atomic E-state index is 12.1. The minimum Gasteiger partial charge on any atom is -0.490 e. The van der Waals surface area contributed by atoms with Gasteiger partial charge in [-0.3, -0.25) is 10.1 Å². The molecule has 8 nitrogen and oxygen atoms in total. The van der Waals surface area contributed by atoms with Crippen molar-refractivity contribution in [2.75, 3.05) is 38.8 Å². The molecule has 2 aromatic rings. The quantitative estimate of drug-likeness (QED) is 0.295. The van der Waals surface area contributed by atoms with E-state index in [0.29, 0.717) is 24.6 Å². The summed E-state index contributed by atoms with van der Waals surface area (Å²) in [4.78, 5) is 22.8. The van der Waals surface area contributed by atoms with Crippen LogP contribution in [0.4, 0.5) is 11.4 Å². The number of esters is 1. The molecule has 0 aliphatic carbocycles. The summed E-state index contributed by atoms with van der Waals surface area (Å²) in [5, 5.41) is 14.1. The van der Waals surface area contributed by atoms with Crippen molar-refractivity contribution in [3.05, 3.63) is 63.7 Å². The molecule has 2 rings (SSSR count). The van der Waals surface area contributed by atoms with Crippen LogP contribution in [0.1, 0.15) is 15.9 Å². The van der Waals surface area contributed by atoms with Crippen molar-refractivity contribution in [1.29, 1.82) is 0 Å². The monoisotopic (exact) mass is 374 g/mol. The Kier molecular flexibility index (Phi) is 7.57. The van der Waals surface area contributed by atoms with Gasteiger partial charge in [0.2, 0.25) is 0 Å². The first-order chi connectivity index (χ1) is 13.0. The van der Waals surface area contributed by atoms with Gasteiger partial charge in [0, 0.05) is 19.7 Å². The van der Waals surface area contributed by atoms with Crippen molar-refractivity contribution < 1.29 is 23.9 Å². The van der Waals surface area contributed by atoms with Crippen molar-refractivity contribution >= 4 is 17.3 Å². The fraction of sp³-hybridized carbons (Fsp3) is 0.316. The molecule has 0 aliphatic heterocycles. The third kappa shape index (κ3) is 6.27. The molecule has 0 saturated carbocycles. The summed E-state index contributed by atoms with van der Waals surface area (Å²) in [7, 11) is 1.54. The van der Waals surface area contributed by atoms with E-state index in [1.807, 2.05) is 31.2 Å². The molecule has 0 spiro atoms. The van der Waals surface area contributed by atoms with Gasteiger partial charge in [-0.15, -0.1) is 0 Å². The highest BCUT2D eigenvalue weighted by Crippen LogP contribution is 2.25. The fourth-order valence-electron chi connectivity index (χ4n) is 2.26. The Bertz CT molecular complexity index is 776. The summed E-state index contributed by atoms with van der Waals surface area (Å²) in [6.07, 6.45) is 0. The number of nitrogens with one attached hydrogen (secondary N) is 1. The van der Waals surface area contributed by atoms with Gasteiger partial charge in [0.15, 0.2) is 0 Å². The normalized spacial score (nSPS) is 10.3.